The number of methoxy groups -OCH3 is 1. The lowest BCUT2D eigenvalue weighted by atomic mass is 10.1. The molecule has 1 fully saturated rings. The van der Waals surface area contributed by atoms with Gasteiger partial charge in [-0.2, -0.15) is 13.2 Å². The summed E-state index contributed by atoms with van der Waals surface area (Å²) in [6, 6.07) is 4.14. The van der Waals surface area contributed by atoms with E-state index in [1.165, 1.54) is 19.2 Å². The number of esters is 1. The molecule has 1 atom stereocenters. The van der Waals surface area contributed by atoms with Crippen LogP contribution in [-0.2, 0) is 15.7 Å². The van der Waals surface area contributed by atoms with Gasteiger partial charge in [0.25, 0.3) is 0 Å². The fraction of sp³-hybridized carbons (Fsp3) is 0.462. The monoisotopic (exact) mass is 273 g/mol. The molecule has 1 aliphatic carbocycles. The zero-order chi connectivity index (χ0) is 14.0. The Morgan fingerprint density at radius 2 is 1.89 bits per heavy atom. The summed E-state index contributed by atoms with van der Waals surface area (Å²) in [5.74, 6) is -0.183. The molecule has 0 spiro atoms. The van der Waals surface area contributed by atoms with Crippen molar-refractivity contribution in [3.05, 3.63) is 29.8 Å². The number of carbonyl (C=O) groups is 1. The number of carbonyl (C=O) groups excluding carboxylic acids is 1. The topological polar surface area (TPSA) is 38.3 Å². The maximum atomic E-state index is 12.4. The lowest BCUT2D eigenvalue weighted by Gasteiger charge is -2.17. The lowest BCUT2D eigenvalue weighted by molar-refractivity contribution is -0.142. The van der Waals surface area contributed by atoms with Crippen molar-refractivity contribution in [1.82, 2.24) is 0 Å². The number of halogens is 3. The molecule has 0 heterocycles. The highest BCUT2D eigenvalue weighted by Gasteiger charge is 2.37. The van der Waals surface area contributed by atoms with Crippen molar-refractivity contribution in [2.24, 2.45) is 5.92 Å². The maximum Gasteiger partial charge on any atom is 0.416 e. The number of hydrogen-bond acceptors (Lipinski definition) is 3. The van der Waals surface area contributed by atoms with Crippen molar-refractivity contribution in [2.45, 2.75) is 25.1 Å². The molecule has 0 aromatic heterocycles. The van der Waals surface area contributed by atoms with Crippen LogP contribution < -0.4 is 5.32 Å². The molecule has 2 rings (SSSR count). The number of benzene rings is 1. The molecule has 3 nitrogen and oxygen atoms in total. The number of anilines is 1. The molecule has 104 valence electrons. The quantitative estimate of drug-likeness (QED) is 0.857. The van der Waals surface area contributed by atoms with E-state index in [-0.39, 0.29) is 11.9 Å². The van der Waals surface area contributed by atoms with Crippen LogP contribution >= 0.6 is 0 Å². The number of ether oxygens (including phenoxy) is 1. The van der Waals surface area contributed by atoms with E-state index in [4.69, 9.17) is 0 Å². The van der Waals surface area contributed by atoms with E-state index in [2.05, 4.69) is 10.1 Å². The van der Waals surface area contributed by atoms with E-state index in [0.29, 0.717) is 5.69 Å². The van der Waals surface area contributed by atoms with Gasteiger partial charge < -0.3 is 10.1 Å². The Balaban J connectivity index is 2.07. The molecule has 0 bridgehead atoms. The summed E-state index contributed by atoms with van der Waals surface area (Å²) in [5.41, 5.74) is -0.227. The first-order valence-corrected chi connectivity index (χ1v) is 5.93. The second kappa shape index (κ2) is 5.11. The predicted molar refractivity (Wildman–Crippen MR) is 63.6 cm³/mol. The minimum absolute atomic E-state index is 0.203. The highest BCUT2D eigenvalue weighted by atomic mass is 19.4. The normalized spacial score (nSPS) is 16.8. The molecule has 1 aromatic rings. The van der Waals surface area contributed by atoms with E-state index >= 15 is 0 Å². The Kier molecular flexibility index (Phi) is 3.68. The lowest BCUT2D eigenvalue weighted by Crippen LogP contribution is -2.32. The van der Waals surface area contributed by atoms with Gasteiger partial charge in [0.15, 0.2) is 0 Å². The highest BCUT2D eigenvalue weighted by Crippen LogP contribution is 2.35. The molecule has 1 aliphatic rings. The summed E-state index contributed by atoms with van der Waals surface area (Å²) < 4.78 is 41.9. The average molecular weight is 273 g/mol. The van der Waals surface area contributed by atoms with Gasteiger partial charge in [0.1, 0.15) is 6.04 Å². The molecule has 1 N–H and O–H groups in total. The van der Waals surface area contributed by atoms with Gasteiger partial charge in [-0.1, -0.05) is 0 Å². The molecular formula is C13H14F3NO2. The number of hydrogen-bond donors (Lipinski definition) is 1. The fourth-order valence-corrected chi connectivity index (χ4v) is 1.86. The van der Waals surface area contributed by atoms with Gasteiger partial charge in [0.2, 0.25) is 0 Å². The predicted octanol–water partition coefficient (Wildman–Crippen LogP) is 3.07. The zero-order valence-electron chi connectivity index (χ0n) is 10.3. The standard InChI is InChI=1S/C13H14F3NO2/c1-19-12(18)11(8-2-3-8)17-10-6-4-9(5-7-10)13(14,15)16/h4-8,11,17H,2-3H2,1H3. The molecule has 1 unspecified atom stereocenters. The van der Waals surface area contributed by atoms with Crippen LogP contribution in [0.2, 0.25) is 0 Å². The first kappa shape index (κ1) is 13.7. The van der Waals surface area contributed by atoms with E-state index in [1.807, 2.05) is 0 Å². The van der Waals surface area contributed by atoms with Crippen LogP contribution in [0.4, 0.5) is 18.9 Å². The summed E-state index contributed by atoms with van der Waals surface area (Å²) in [7, 11) is 1.30. The van der Waals surface area contributed by atoms with Gasteiger partial charge in [-0.3, -0.25) is 0 Å². The number of nitrogens with one attached hydrogen (secondary N) is 1. The van der Waals surface area contributed by atoms with E-state index in [0.717, 1.165) is 25.0 Å². The van der Waals surface area contributed by atoms with Crippen LogP contribution in [0.3, 0.4) is 0 Å². The maximum absolute atomic E-state index is 12.4. The molecule has 1 aromatic carbocycles. The third kappa shape index (κ3) is 3.39. The van der Waals surface area contributed by atoms with E-state index < -0.39 is 17.8 Å². The van der Waals surface area contributed by atoms with Crippen molar-refractivity contribution in [3.8, 4) is 0 Å². The van der Waals surface area contributed by atoms with Crippen molar-refractivity contribution in [3.63, 3.8) is 0 Å². The molecule has 19 heavy (non-hydrogen) atoms. The molecule has 1 saturated carbocycles. The number of alkyl halides is 3. The third-order valence-electron chi connectivity index (χ3n) is 3.08. The smallest absolute Gasteiger partial charge is 0.416 e. The van der Waals surface area contributed by atoms with Crippen LogP contribution in [0.15, 0.2) is 24.3 Å². The van der Waals surface area contributed by atoms with Gasteiger partial charge in [0.05, 0.1) is 12.7 Å². The van der Waals surface area contributed by atoms with E-state index in [1.54, 1.807) is 0 Å². The van der Waals surface area contributed by atoms with Crippen molar-refractivity contribution in [1.29, 1.82) is 0 Å². The molecule has 0 saturated heterocycles. The average Bonchev–Trinajstić information content (AvgIpc) is 3.19. The zero-order valence-corrected chi connectivity index (χ0v) is 10.3. The second-order valence-corrected chi connectivity index (χ2v) is 4.56. The minimum atomic E-state index is -4.35. The molecule has 0 aliphatic heterocycles. The minimum Gasteiger partial charge on any atom is -0.467 e. The van der Waals surface area contributed by atoms with Crippen LogP contribution in [0.25, 0.3) is 0 Å². The largest absolute Gasteiger partial charge is 0.467 e. The van der Waals surface area contributed by atoms with Gasteiger partial charge >= 0.3 is 12.1 Å². The summed E-state index contributed by atoms with van der Waals surface area (Å²) >= 11 is 0. The number of rotatable bonds is 4. The Labute approximate surface area is 108 Å². The van der Waals surface area contributed by atoms with Gasteiger partial charge in [-0.05, 0) is 43.0 Å². The fourth-order valence-electron chi connectivity index (χ4n) is 1.86. The van der Waals surface area contributed by atoms with Crippen LogP contribution in [-0.4, -0.2) is 19.1 Å². The SMILES string of the molecule is COC(=O)C(Nc1ccc(C(F)(F)F)cc1)C1CC1. The van der Waals surface area contributed by atoms with Crippen LogP contribution in [0.1, 0.15) is 18.4 Å². The highest BCUT2D eigenvalue weighted by molar-refractivity contribution is 5.80. The summed E-state index contributed by atoms with van der Waals surface area (Å²) in [6.45, 7) is 0. The van der Waals surface area contributed by atoms with Crippen LogP contribution in [0, 0.1) is 5.92 Å². The van der Waals surface area contributed by atoms with Crippen LogP contribution in [0.5, 0.6) is 0 Å². The van der Waals surface area contributed by atoms with Gasteiger partial charge in [-0.15, -0.1) is 0 Å². The third-order valence-corrected chi connectivity index (χ3v) is 3.08. The Morgan fingerprint density at radius 3 is 2.32 bits per heavy atom. The summed E-state index contributed by atoms with van der Waals surface area (Å²) in [5, 5.41) is 2.93. The molecule has 0 amide bonds. The Morgan fingerprint density at radius 1 is 1.32 bits per heavy atom. The van der Waals surface area contributed by atoms with Crippen molar-refractivity contribution in [2.75, 3.05) is 12.4 Å². The van der Waals surface area contributed by atoms with Crippen molar-refractivity contribution >= 4 is 11.7 Å². The first-order chi connectivity index (χ1) is 8.91. The first-order valence-electron chi connectivity index (χ1n) is 5.93. The summed E-state index contributed by atoms with van der Waals surface area (Å²) in [6.07, 6.45) is -2.50. The second-order valence-electron chi connectivity index (χ2n) is 4.56. The molecule has 6 heteroatoms. The van der Waals surface area contributed by atoms with Gasteiger partial charge in [-0.25, -0.2) is 4.79 Å². The Hall–Kier alpha value is -1.72. The molecular weight excluding hydrogens is 259 g/mol. The van der Waals surface area contributed by atoms with Gasteiger partial charge in [0, 0.05) is 5.69 Å². The van der Waals surface area contributed by atoms with Crippen molar-refractivity contribution < 1.29 is 22.7 Å². The molecule has 0 radical (unpaired) electrons. The van der Waals surface area contributed by atoms with E-state index in [9.17, 15) is 18.0 Å². The summed E-state index contributed by atoms with van der Waals surface area (Å²) in [4.78, 5) is 11.6. The Bertz CT molecular complexity index is 452.